The number of carbonyl (C=O) groups excluding carboxylic acids is 3. The van der Waals surface area contributed by atoms with Gasteiger partial charge in [-0.15, -0.1) is 0 Å². The number of quaternary nitrogens is 1. The van der Waals surface area contributed by atoms with Gasteiger partial charge in [-0.1, -0.05) is 152 Å². The Morgan fingerprint density at radius 1 is 0.534 bits per heavy atom. The van der Waals surface area contributed by atoms with Gasteiger partial charge in [0.1, 0.15) is 12.6 Å². The van der Waals surface area contributed by atoms with Crippen molar-refractivity contribution in [2.24, 2.45) is 0 Å². The van der Waals surface area contributed by atoms with Crippen molar-refractivity contribution >= 4 is 17.9 Å². The van der Waals surface area contributed by atoms with Crippen molar-refractivity contribution in [3.8, 4) is 0 Å². The van der Waals surface area contributed by atoms with Crippen LogP contribution in [0.3, 0.4) is 0 Å². The Morgan fingerprint density at radius 3 is 1.43 bits per heavy atom. The van der Waals surface area contributed by atoms with Crippen molar-refractivity contribution < 1.29 is 38.2 Å². The van der Waals surface area contributed by atoms with Gasteiger partial charge >= 0.3 is 11.9 Å². The molecule has 0 bridgehead atoms. The number of ether oxygens (including phenoxy) is 3. The number of carboxylic acid groups (broad SMARTS) is 1. The molecule has 0 rings (SSSR count). The maximum atomic E-state index is 12.7. The predicted molar refractivity (Wildman–Crippen MR) is 240 cm³/mol. The summed E-state index contributed by atoms with van der Waals surface area (Å²) in [5, 5.41) is 11.6. The minimum Gasteiger partial charge on any atom is -0.544 e. The van der Waals surface area contributed by atoms with Gasteiger partial charge in [0.05, 0.1) is 40.3 Å². The zero-order valence-corrected chi connectivity index (χ0v) is 37.9. The fourth-order valence-corrected chi connectivity index (χ4v) is 6.53. The molecule has 0 N–H and O–H groups in total. The number of nitrogens with zero attached hydrogens (tertiary/aromatic N) is 1. The normalized spacial score (nSPS) is 13.5. The quantitative estimate of drug-likeness (QED) is 0.0262. The highest BCUT2D eigenvalue weighted by atomic mass is 16.6. The van der Waals surface area contributed by atoms with E-state index in [9.17, 15) is 19.5 Å². The van der Waals surface area contributed by atoms with Gasteiger partial charge in [-0.05, 0) is 77.0 Å². The van der Waals surface area contributed by atoms with Crippen LogP contribution in [0.5, 0.6) is 0 Å². The lowest BCUT2D eigenvalue weighted by Crippen LogP contribution is -2.55. The molecule has 0 amide bonds. The van der Waals surface area contributed by atoms with E-state index in [1.165, 1.54) is 64.2 Å². The van der Waals surface area contributed by atoms with E-state index in [1.54, 1.807) is 21.1 Å². The van der Waals surface area contributed by atoms with Crippen LogP contribution in [0.1, 0.15) is 187 Å². The first-order valence-electron chi connectivity index (χ1n) is 23.3. The number of hydrogen-bond donors (Lipinski definition) is 0. The van der Waals surface area contributed by atoms with Crippen molar-refractivity contribution in [3.05, 3.63) is 60.8 Å². The highest BCUT2D eigenvalue weighted by molar-refractivity contribution is 5.70. The second-order valence-corrected chi connectivity index (χ2v) is 16.6. The molecule has 8 nitrogen and oxygen atoms in total. The molecule has 0 saturated heterocycles. The molecule has 2 atom stereocenters. The molecule has 0 fully saturated rings. The van der Waals surface area contributed by atoms with Crippen LogP contribution >= 0.6 is 0 Å². The summed E-state index contributed by atoms with van der Waals surface area (Å²) < 4.78 is 17.2. The monoisotopic (exact) mass is 814 g/mol. The number of unbranched alkanes of at least 4 members (excludes halogenated alkanes) is 17. The van der Waals surface area contributed by atoms with Crippen LogP contribution in [0.4, 0.5) is 0 Å². The predicted octanol–water partition coefficient (Wildman–Crippen LogP) is 11.6. The maximum Gasteiger partial charge on any atom is 0.306 e. The Labute approximate surface area is 356 Å². The molecule has 0 aliphatic heterocycles. The van der Waals surface area contributed by atoms with Crippen LogP contribution in [-0.4, -0.2) is 75.5 Å². The van der Waals surface area contributed by atoms with Crippen molar-refractivity contribution in [2.45, 2.75) is 199 Å². The number of aliphatic carboxylic acids is 1. The van der Waals surface area contributed by atoms with E-state index in [0.29, 0.717) is 12.8 Å². The lowest BCUT2D eigenvalue weighted by Gasteiger charge is -2.34. The molecule has 0 aliphatic carbocycles. The first-order chi connectivity index (χ1) is 28.1. The van der Waals surface area contributed by atoms with Gasteiger partial charge in [-0.25, -0.2) is 0 Å². The number of likely N-dealkylation sites (N-methyl/N-ethyl adjacent to an activating group) is 1. The molecule has 58 heavy (non-hydrogen) atoms. The second-order valence-electron chi connectivity index (χ2n) is 16.6. The number of rotatable bonds is 41. The largest absolute Gasteiger partial charge is 0.544 e. The van der Waals surface area contributed by atoms with Crippen molar-refractivity contribution in [1.82, 2.24) is 0 Å². The lowest BCUT2D eigenvalue weighted by molar-refractivity contribution is -0.889. The zero-order chi connectivity index (χ0) is 42.8. The average molecular weight is 814 g/mol. The molecule has 2 unspecified atom stereocenters. The summed E-state index contributed by atoms with van der Waals surface area (Å²) in [5.41, 5.74) is 0. The third-order valence-electron chi connectivity index (χ3n) is 10.1. The van der Waals surface area contributed by atoms with Gasteiger partial charge in [0, 0.05) is 19.3 Å². The number of allylic oxidation sites excluding steroid dienone is 10. The summed E-state index contributed by atoms with van der Waals surface area (Å²) in [4.78, 5) is 36.9. The Bertz CT molecular complexity index is 1130. The Morgan fingerprint density at radius 2 is 0.966 bits per heavy atom. The van der Waals surface area contributed by atoms with E-state index >= 15 is 0 Å². The molecule has 0 aromatic heterocycles. The summed E-state index contributed by atoms with van der Waals surface area (Å²) in [7, 11) is 5.40. The van der Waals surface area contributed by atoms with E-state index in [1.807, 2.05) is 0 Å². The smallest absolute Gasteiger partial charge is 0.306 e. The highest BCUT2D eigenvalue weighted by Crippen LogP contribution is 2.14. The van der Waals surface area contributed by atoms with Crippen LogP contribution in [0.15, 0.2) is 60.8 Å². The summed E-state index contributed by atoms with van der Waals surface area (Å²) in [6.07, 6.45) is 49.6. The standard InChI is InChI=1S/C50H87NO7/c1-6-8-10-12-14-16-18-20-21-22-23-24-25-26-27-28-29-31-32-34-36-38-40-48(52)57-45-46(44-56-43-42-47(50(54)55)51(3,4)5)58-49(53)41-39-37-35-33-30-19-17-15-13-11-9-7-2/h9,11,14-17,20-21,23-24,46-47H,6-8,10,12-13,18-19,22,25-45H2,1-5H3/b11-9+,16-14+,17-15+,21-20+,24-23+. The van der Waals surface area contributed by atoms with Crippen LogP contribution in [0, 0.1) is 0 Å². The number of esters is 2. The molecular formula is C50H87NO7. The van der Waals surface area contributed by atoms with Gasteiger partial charge in [0.2, 0.25) is 0 Å². The van der Waals surface area contributed by atoms with E-state index in [0.717, 1.165) is 89.9 Å². The minimum atomic E-state index is -1.13. The van der Waals surface area contributed by atoms with Gasteiger partial charge in [-0.2, -0.15) is 0 Å². The molecule has 0 aromatic rings. The summed E-state index contributed by atoms with van der Waals surface area (Å²) in [5.74, 6) is -1.76. The Kier molecular flexibility index (Phi) is 38.7. The fourth-order valence-electron chi connectivity index (χ4n) is 6.53. The maximum absolute atomic E-state index is 12.7. The SMILES string of the molecule is CC/C=C/C/C=C/CCCCCCCC(=O)OC(COCCC(C(=O)[O-])[N+](C)(C)C)COC(=O)CCCCCCCCCCC/C=C/C/C=C/C/C=C/CCCCC. The third-order valence-corrected chi connectivity index (χ3v) is 10.1. The Balaban J connectivity index is 4.26. The fraction of sp³-hybridized carbons (Fsp3) is 0.740. The molecule has 8 heteroatoms. The van der Waals surface area contributed by atoms with Gasteiger partial charge in [-0.3, -0.25) is 9.59 Å². The average Bonchev–Trinajstić information content (AvgIpc) is 3.18. The number of hydrogen-bond acceptors (Lipinski definition) is 7. The molecule has 0 spiro atoms. The number of carboxylic acids is 1. The van der Waals surface area contributed by atoms with Crippen LogP contribution in [0.2, 0.25) is 0 Å². The lowest BCUT2D eigenvalue weighted by atomic mass is 10.1. The number of carbonyl (C=O) groups is 3. The van der Waals surface area contributed by atoms with Crippen LogP contribution in [-0.2, 0) is 28.6 Å². The van der Waals surface area contributed by atoms with Crippen molar-refractivity contribution in [2.75, 3.05) is 41.0 Å². The molecule has 0 saturated carbocycles. The highest BCUT2D eigenvalue weighted by Gasteiger charge is 2.25. The molecular weight excluding hydrogens is 727 g/mol. The first kappa shape index (κ1) is 55.0. The van der Waals surface area contributed by atoms with Crippen LogP contribution in [0.25, 0.3) is 0 Å². The van der Waals surface area contributed by atoms with Crippen molar-refractivity contribution in [3.63, 3.8) is 0 Å². The molecule has 0 heterocycles. The second kappa shape index (κ2) is 40.8. The van der Waals surface area contributed by atoms with Crippen molar-refractivity contribution in [1.29, 1.82) is 0 Å². The molecule has 0 aliphatic rings. The summed E-state index contributed by atoms with van der Waals surface area (Å²) in [6.45, 7) is 4.50. The van der Waals surface area contributed by atoms with Gasteiger partial charge in [0.25, 0.3) is 0 Å². The van der Waals surface area contributed by atoms with E-state index < -0.39 is 18.1 Å². The molecule has 0 aromatic carbocycles. The van der Waals surface area contributed by atoms with E-state index in [4.69, 9.17) is 14.2 Å². The summed E-state index contributed by atoms with van der Waals surface area (Å²) in [6, 6.07) is -0.731. The van der Waals surface area contributed by atoms with Gasteiger partial charge in [0.15, 0.2) is 6.10 Å². The molecule has 0 radical (unpaired) electrons. The Hall–Kier alpha value is -2.97. The zero-order valence-electron chi connectivity index (χ0n) is 37.9. The van der Waals surface area contributed by atoms with Crippen LogP contribution < -0.4 is 5.11 Å². The van der Waals surface area contributed by atoms with Gasteiger partial charge < -0.3 is 28.6 Å². The van der Waals surface area contributed by atoms with E-state index in [-0.39, 0.29) is 42.7 Å². The third kappa shape index (κ3) is 38.5. The topological polar surface area (TPSA) is 102 Å². The molecule has 334 valence electrons. The first-order valence-corrected chi connectivity index (χ1v) is 23.3. The minimum absolute atomic E-state index is 0.0313. The van der Waals surface area contributed by atoms with E-state index in [2.05, 4.69) is 74.6 Å². The summed E-state index contributed by atoms with van der Waals surface area (Å²) >= 11 is 0.